The van der Waals surface area contributed by atoms with Crippen LogP contribution >= 0.6 is 0 Å². The number of ether oxygens (including phenoxy) is 1. The van der Waals surface area contributed by atoms with Crippen LogP contribution in [0.3, 0.4) is 0 Å². The maximum Gasteiger partial charge on any atom is 0.0507 e. The fourth-order valence-electron chi connectivity index (χ4n) is 2.18. The Hall–Kier alpha value is -0.120. The molecule has 2 fully saturated rings. The molecule has 3 nitrogen and oxygen atoms in total. The maximum atomic E-state index is 5.39. The van der Waals surface area contributed by atoms with Crippen LogP contribution in [-0.4, -0.2) is 50.8 Å². The van der Waals surface area contributed by atoms with Gasteiger partial charge in [-0.05, 0) is 31.8 Å². The monoisotopic (exact) mass is 184 g/mol. The summed E-state index contributed by atoms with van der Waals surface area (Å²) in [7, 11) is 0. The maximum absolute atomic E-state index is 5.39. The lowest BCUT2D eigenvalue weighted by atomic mass is 10.1. The van der Waals surface area contributed by atoms with Gasteiger partial charge in [0.1, 0.15) is 0 Å². The molecule has 0 spiro atoms. The quantitative estimate of drug-likeness (QED) is 0.669. The lowest BCUT2D eigenvalue weighted by Gasteiger charge is -2.22. The topological polar surface area (TPSA) is 24.5 Å². The fraction of sp³-hybridized carbons (Fsp3) is 1.00. The Morgan fingerprint density at radius 1 is 1.31 bits per heavy atom. The summed E-state index contributed by atoms with van der Waals surface area (Å²) in [4.78, 5) is 2.58. The number of nitrogens with one attached hydrogen (secondary N) is 1. The minimum atomic E-state index is 0.804. The smallest absolute Gasteiger partial charge is 0.0507 e. The number of hydrogen-bond donors (Lipinski definition) is 1. The minimum absolute atomic E-state index is 0.804. The standard InChI is InChI=1S/C10H20N2O/c1-3-11-4-6-12(5-1)8-10-2-7-13-9-10/h10-11H,1-9H2. The van der Waals surface area contributed by atoms with Crippen molar-refractivity contribution >= 4 is 0 Å². The molecule has 2 aliphatic rings. The SMILES string of the molecule is C1CNCCN(CC2CCOC2)C1. The van der Waals surface area contributed by atoms with Gasteiger partial charge in [-0.25, -0.2) is 0 Å². The van der Waals surface area contributed by atoms with Crippen LogP contribution < -0.4 is 5.32 Å². The summed E-state index contributed by atoms with van der Waals surface area (Å²) in [5.41, 5.74) is 0. The van der Waals surface area contributed by atoms with E-state index in [1.54, 1.807) is 0 Å². The average Bonchev–Trinajstić information content (AvgIpc) is 2.49. The van der Waals surface area contributed by atoms with E-state index >= 15 is 0 Å². The highest BCUT2D eigenvalue weighted by molar-refractivity contribution is 4.72. The molecule has 0 amide bonds. The van der Waals surface area contributed by atoms with Crippen molar-refractivity contribution < 1.29 is 4.74 Å². The summed E-state index contributed by atoms with van der Waals surface area (Å²) in [6.07, 6.45) is 2.57. The van der Waals surface area contributed by atoms with Crippen molar-refractivity contribution in [2.24, 2.45) is 5.92 Å². The second kappa shape index (κ2) is 4.94. The van der Waals surface area contributed by atoms with E-state index in [4.69, 9.17) is 4.74 Å². The summed E-state index contributed by atoms with van der Waals surface area (Å²) in [5, 5.41) is 3.43. The van der Waals surface area contributed by atoms with Crippen molar-refractivity contribution in [1.82, 2.24) is 10.2 Å². The molecule has 13 heavy (non-hydrogen) atoms. The van der Waals surface area contributed by atoms with Gasteiger partial charge < -0.3 is 15.0 Å². The lowest BCUT2D eigenvalue weighted by molar-refractivity contribution is 0.169. The predicted octanol–water partition coefficient (Wildman–Crippen LogP) is 0.318. The molecular formula is C10H20N2O. The highest BCUT2D eigenvalue weighted by Gasteiger charge is 2.19. The molecule has 1 atom stereocenters. The molecule has 0 aromatic heterocycles. The van der Waals surface area contributed by atoms with E-state index in [0.717, 1.165) is 25.7 Å². The number of nitrogens with zero attached hydrogens (tertiary/aromatic N) is 1. The first-order valence-electron chi connectivity index (χ1n) is 5.46. The highest BCUT2D eigenvalue weighted by Crippen LogP contribution is 2.14. The molecule has 2 aliphatic heterocycles. The molecule has 3 heteroatoms. The molecule has 2 heterocycles. The Morgan fingerprint density at radius 2 is 2.31 bits per heavy atom. The molecule has 2 rings (SSSR count). The van der Waals surface area contributed by atoms with Gasteiger partial charge in [0.15, 0.2) is 0 Å². The van der Waals surface area contributed by atoms with Crippen LogP contribution in [0, 0.1) is 5.92 Å². The zero-order valence-corrected chi connectivity index (χ0v) is 8.30. The van der Waals surface area contributed by atoms with Crippen molar-refractivity contribution in [2.75, 3.05) is 45.9 Å². The molecule has 1 unspecified atom stereocenters. The summed E-state index contributed by atoms with van der Waals surface area (Å²) < 4.78 is 5.39. The third kappa shape index (κ3) is 2.93. The van der Waals surface area contributed by atoms with Crippen LogP contribution in [0.1, 0.15) is 12.8 Å². The Kier molecular flexibility index (Phi) is 3.58. The first-order chi connectivity index (χ1) is 6.45. The van der Waals surface area contributed by atoms with Gasteiger partial charge in [0.25, 0.3) is 0 Å². The van der Waals surface area contributed by atoms with Gasteiger partial charge in [-0.2, -0.15) is 0 Å². The number of hydrogen-bond acceptors (Lipinski definition) is 3. The Bertz CT molecular complexity index is 138. The van der Waals surface area contributed by atoms with Gasteiger partial charge in [0.2, 0.25) is 0 Å². The number of rotatable bonds is 2. The molecule has 0 aliphatic carbocycles. The first kappa shape index (κ1) is 9.44. The second-order valence-corrected chi connectivity index (χ2v) is 4.13. The Morgan fingerprint density at radius 3 is 3.15 bits per heavy atom. The van der Waals surface area contributed by atoms with Crippen molar-refractivity contribution in [2.45, 2.75) is 12.8 Å². The molecule has 1 N–H and O–H groups in total. The summed E-state index contributed by atoms with van der Waals surface area (Å²) >= 11 is 0. The van der Waals surface area contributed by atoms with Gasteiger partial charge in [-0.15, -0.1) is 0 Å². The van der Waals surface area contributed by atoms with E-state index in [2.05, 4.69) is 10.2 Å². The van der Waals surface area contributed by atoms with E-state index in [1.807, 2.05) is 0 Å². The van der Waals surface area contributed by atoms with Crippen LogP contribution in [0.4, 0.5) is 0 Å². The van der Waals surface area contributed by atoms with E-state index in [-0.39, 0.29) is 0 Å². The van der Waals surface area contributed by atoms with Gasteiger partial charge >= 0.3 is 0 Å². The Labute approximate surface area is 80.4 Å². The molecule has 2 saturated heterocycles. The zero-order valence-electron chi connectivity index (χ0n) is 8.30. The first-order valence-corrected chi connectivity index (χ1v) is 5.46. The third-order valence-corrected chi connectivity index (χ3v) is 2.97. The predicted molar refractivity (Wildman–Crippen MR) is 52.9 cm³/mol. The van der Waals surface area contributed by atoms with Crippen LogP contribution in [0.25, 0.3) is 0 Å². The van der Waals surface area contributed by atoms with Crippen LogP contribution in [0.2, 0.25) is 0 Å². The van der Waals surface area contributed by atoms with Crippen LogP contribution in [-0.2, 0) is 4.74 Å². The van der Waals surface area contributed by atoms with E-state index in [1.165, 1.54) is 39.0 Å². The lowest BCUT2D eigenvalue weighted by Crippen LogP contribution is -2.33. The van der Waals surface area contributed by atoms with E-state index in [9.17, 15) is 0 Å². The van der Waals surface area contributed by atoms with Crippen molar-refractivity contribution in [3.05, 3.63) is 0 Å². The average molecular weight is 184 g/mol. The van der Waals surface area contributed by atoms with Crippen molar-refractivity contribution in [3.63, 3.8) is 0 Å². The van der Waals surface area contributed by atoms with E-state index in [0.29, 0.717) is 0 Å². The zero-order chi connectivity index (χ0) is 8.93. The molecule has 0 saturated carbocycles. The van der Waals surface area contributed by atoms with Gasteiger partial charge in [-0.1, -0.05) is 0 Å². The summed E-state index contributed by atoms with van der Waals surface area (Å²) in [6, 6.07) is 0. The van der Waals surface area contributed by atoms with Gasteiger partial charge in [0, 0.05) is 26.2 Å². The normalized spacial score (nSPS) is 31.8. The fourth-order valence-corrected chi connectivity index (χ4v) is 2.18. The van der Waals surface area contributed by atoms with Crippen LogP contribution in [0.5, 0.6) is 0 Å². The second-order valence-electron chi connectivity index (χ2n) is 4.13. The molecule has 0 bridgehead atoms. The van der Waals surface area contributed by atoms with Crippen LogP contribution in [0.15, 0.2) is 0 Å². The third-order valence-electron chi connectivity index (χ3n) is 2.97. The minimum Gasteiger partial charge on any atom is -0.381 e. The highest BCUT2D eigenvalue weighted by atomic mass is 16.5. The molecule has 76 valence electrons. The molecule has 0 radical (unpaired) electrons. The molecule has 0 aromatic rings. The van der Waals surface area contributed by atoms with E-state index < -0.39 is 0 Å². The summed E-state index contributed by atoms with van der Waals surface area (Å²) in [6.45, 7) is 8.06. The van der Waals surface area contributed by atoms with Gasteiger partial charge in [0.05, 0.1) is 6.61 Å². The summed E-state index contributed by atoms with van der Waals surface area (Å²) in [5.74, 6) is 0.804. The Balaban J connectivity index is 1.71. The van der Waals surface area contributed by atoms with Crippen molar-refractivity contribution in [1.29, 1.82) is 0 Å². The molecule has 0 aromatic carbocycles. The molecular weight excluding hydrogens is 164 g/mol. The van der Waals surface area contributed by atoms with Crippen molar-refractivity contribution in [3.8, 4) is 0 Å². The largest absolute Gasteiger partial charge is 0.381 e. The van der Waals surface area contributed by atoms with Gasteiger partial charge in [-0.3, -0.25) is 0 Å².